The highest BCUT2D eigenvalue weighted by Gasteiger charge is 2.22. The molecule has 0 saturated carbocycles. The molecule has 8 nitrogen and oxygen atoms in total. The molecule has 1 aromatic heterocycles. The number of H-pyrrole nitrogens is 1. The lowest BCUT2D eigenvalue weighted by Crippen LogP contribution is -2.15. The number of amides is 1. The predicted molar refractivity (Wildman–Crippen MR) is 65.1 cm³/mol. The number of carboxylic acid groups (broad SMARTS) is 1. The predicted octanol–water partition coefficient (Wildman–Crippen LogP) is -0.388. The quantitative estimate of drug-likeness (QED) is 0.603. The van der Waals surface area contributed by atoms with Crippen molar-refractivity contribution in [3.05, 3.63) is 29.5 Å². The minimum Gasteiger partial charge on any atom is -0.477 e. The average Bonchev–Trinajstić information content (AvgIpc) is 2.65. The van der Waals surface area contributed by atoms with Crippen molar-refractivity contribution in [2.45, 2.75) is 4.90 Å². The highest BCUT2D eigenvalue weighted by molar-refractivity contribution is 7.89. The maximum Gasteiger partial charge on any atom is 0.353 e. The molecule has 0 spiro atoms. The van der Waals surface area contributed by atoms with Gasteiger partial charge in [0.1, 0.15) is 5.69 Å². The van der Waals surface area contributed by atoms with E-state index >= 15 is 0 Å². The van der Waals surface area contributed by atoms with Gasteiger partial charge in [-0.25, -0.2) is 18.4 Å². The van der Waals surface area contributed by atoms with Crippen molar-refractivity contribution in [3.63, 3.8) is 0 Å². The van der Waals surface area contributed by atoms with Crippen molar-refractivity contribution < 1.29 is 23.1 Å². The lowest BCUT2D eigenvalue weighted by molar-refractivity contribution is 0.0687. The number of primary amides is 1. The molecule has 0 atom stereocenters. The van der Waals surface area contributed by atoms with Gasteiger partial charge >= 0.3 is 5.97 Å². The molecule has 9 heteroatoms. The molecule has 0 aliphatic carbocycles. The maximum absolute atomic E-state index is 11.3. The Kier molecular flexibility index (Phi) is 2.80. The molecule has 0 radical (unpaired) electrons. The second-order valence-electron chi connectivity index (χ2n) is 3.80. The van der Waals surface area contributed by atoms with Crippen LogP contribution in [0.5, 0.6) is 0 Å². The molecule has 0 saturated heterocycles. The molecule has 6 N–H and O–H groups in total. The van der Waals surface area contributed by atoms with Crippen molar-refractivity contribution in [3.8, 4) is 0 Å². The Morgan fingerprint density at radius 3 is 2.37 bits per heavy atom. The largest absolute Gasteiger partial charge is 0.477 e. The zero-order valence-corrected chi connectivity index (χ0v) is 10.2. The molecular weight excluding hydrogens is 274 g/mol. The van der Waals surface area contributed by atoms with Gasteiger partial charge in [-0.1, -0.05) is 0 Å². The standard InChI is InChI=1S/C10H9N3O5S/c11-9(14)7-5-3-4(19(12,17)18)1-2-6(5)13-8(7)10(15)16/h1-3,13H,(H2,11,14)(H,15,16)(H2,12,17,18). The fourth-order valence-electron chi connectivity index (χ4n) is 1.76. The van der Waals surface area contributed by atoms with Crippen molar-refractivity contribution in [1.29, 1.82) is 0 Å². The number of nitrogens with two attached hydrogens (primary N) is 2. The Hall–Kier alpha value is -2.39. The van der Waals surface area contributed by atoms with Crippen LogP contribution in [0.4, 0.5) is 0 Å². The summed E-state index contributed by atoms with van der Waals surface area (Å²) in [7, 11) is -3.96. The Labute approximate surface area is 107 Å². The first-order chi connectivity index (χ1) is 8.71. The number of aromatic nitrogens is 1. The number of nitrogens with one attached hydrogen (secondary N) is 1. The Bertz CT molecular complexity index is 806. The fraction of sp³-hybridized carbons (Fsp3) is 0. The topological polar surface area (TPSA) is 156 Å². The van der Waals surface area contributed by atoms with Gasteiger partial charge in [0.15, 0.2) is 0 Å². The van der Waals surface area contributed by atoms with Gasteiger partial charge in [-0.05, 0) is 18.2 Å². The first-order valence-corrected chi connectivity index (χ1v) is 6.48. The molecule has 0 fully saturated rings. The third kappa shape index (κ3) is 2.16. The Morgan fingerprint density at radius 2 is 1.89 bits per heavy atom. The van der Waals surface area contributed by atoms with Crippen LogP contribution in [0.15, 0.2) is 23.1 Å². The number of primary sulfonamides is 1. The van der Waals surface area contributed by atoms with Crippen LogP contribution >= 0.6 is 0 Å². The van der Waals surface area contributed by atoms with Gasteiger partial charge in [-0.3, -0.25) is 4.79 Å². The van der Waals surface area contributed by atoms with Gasteiger partial charge in [0.2, 0.25) is 10.0 Å². The summed E-state index contributed by atoms with van der Waals surface area (Å²) < 4.78 is 22.5. The number of carbonyl (C=O) groups is 2. The van der Waals surface area contributed by atoms with Gasteiger partial charge in [0.25, 0.3) is 5.91 Å². The Morgan fingerprint density at radius 1 is 1.26 bits per heavy atom. The van der Waals surface area contributed by atoms with E-state index in [1.54, 1.807) is 0 Å². The average molecular weight is 283 g/mol. The van der Waals surface area contributed by atoms with E-state index < -0.39 is 27.6 Å². The van der Waals surface area contributed by atoms with E-state index in [-0.39, 0.29) is 21.4 Å². The van der Waals surface area contributed by atoms with E-state index in [4.69, 9.17) is 16.0 Å². The van der Waals surface area contributed by atoms with Crippen LogP contribution in [0.3, 0.4) is 0 Å². The number of sulfonamides is 1. The van der Waals surface area contributed by atoms with Crippen LogP contribution in [0, 0.1) is 0 Å². The van der Waals surface area contributed by atoms with Crippen molar-refractivity contribution in [1.82, 2.24) is 4.98 Å². The monoisotopic (exact) mass is 283 g/mol. The molecule has 0 aliphatic heterocycles. The first kappa shape index (κ1) is 13.1. The van der Waals surface area contributed by atoms with Crippen LogP contribution in [0.25, 0.3) is 10.9 Å². The lowest BCUT2D eigenvalue weighted by Gasteiger charge is -1.99. The van der Waals surface area contributed by atoms with Crippen molar-refractivity contribution >= 4 is 32.8 Å². The maximum atomic E-state index is 11.3. The molecule has 1 amide bonds. The molecule has 0 aliphatic rings. The number of carbonyl (C=O) groups excluding carboxylic acids is 1. The summed E-state index contributed by atoms with van der Waals surface area (Å²) in [6.45, 7) is 0. The zero-order chi connectivity index (χ0) is 14.4. The lowest BCUT2D eigenvalue weighted by atomic mass is 10.1. The minimum absolute atomic E-state index is 0.0939. The number of benzene rings is 1. The minimum atomic E-state index is -3.96. The molecule has 2 rings (SSSR count). The molecule has 2 aromatic rings. The van der Waals surface area contributed by atoms with Gasteiger partial charge < -0.3 is 15.8 Å². The van der Waals surface area contributed by atoms with E-state index in [0.29, 0.717) is 0 Å². The molecule has 0 bridgehead atoms. The highest BCUT2D eigenvalue weighted by atomic mass is 32.2. The van der Waals surface area contributed by atoms with Crippen LogP contribution in [-0.2, 0) is 10.0 Å². The summed E-state index contributed by atoms with van der Waals surface area (Å²) in [6, 6.07) is 3.62. The summed E-state index contributed by atoms with van der Waals surface area (Å²) >= 11 is 0. The van der Waals surface area contributed by atoms with Crippen LogP contribution in [0.1, 0.15) is 20.8 Å². The number of aromatic carboxylic acids is 1. The van der Waals surface area contributed by atoms with E-state index in [0.717, 1.165) is 6.07 Å². The second kappa shape index (κ2) is 4.07. The molecular formula is C10H9N3O5S. The summed E-state index contributed by atoms with van der Waals surface area (Å²) in [5.41, 5.74) is 4.72. The fourth-order valence-corrected chi connectivity index (χ4v) is 2.30. The van der Waals surface area contributed by atoms with Crippen molar-refractivity contribution in [2.75, 3.05) is 0 Å². The van der Waals surface area contributed by atoms with E-state index in [1.807, 2.05) is 0 Å². The van der Waals surface area contributed by atoms with Crippen molar-refractivity contribution in [2.24, 2.45) is 10.9 Å². The van der Waals surface area contributed by atoms with E-state index in [1.165, 1.54) is 12.1 Å². The van der Waals surface area contributed by atoms with E-state index in [9.17, 15) is 18.0 Å². The number of carboxylic acids is 1. The molecule has 0 unspecified atom stereocenters. The zero-order valence-electron chi connectivity index (χ0n) is 9.38. The van der Waals surface area contributed by atoms with Gasteiger partial charge in [0, 0.05) is 10.9 Å². The summed E-state index contributed by atoms with van der Waals surface area (Å²) in [5, 5.41) is 14.0. The molecule has 1 heterocycles. The number of hydrogen-bond acceptors (Lipinski definition) is 4. The summed E-state index contributed by atoms with van der Waals surface area (Å²) in [4.78, 5) is 24.6. The Balaban J connectivity index is 2.88. The highest BCUT2D eigenvalue weighted by Crippen LogP contribution is 2.24. The third-order valence-electron chi connectivity index (χ3n) is 2.56. The second-order valence-corrected chi connectivity index (χ2v) is 5.36. The van der Waals surface area contributed by atoms with Crippen LogP contribution in [-0.4, -0.2) is 30.4 Å². The number of fused-ring (bicyclic) bond motifs is 1. The molecule has 19 heavy (non-hydrogen) atoms. The number of hydrogen-bond donors (Lipinski definition) is 4. The van der Waals surface area contributed by atoms with Crippen LogP contribution in [0.2, 0.25) is 0 Å². The normalized spacial score (nSPS) is 11.6. The summed E-state index contributed by atoms with van der Waals surface area (Å²) in [6.07, 6.45) is 0. The van der Waals surface area contributed by atoms with E-state index in [2.05, 4.69) is 4.98 Å². The first-order valence-electron chi connectivity index (χ1n) is 4.93. The number of aromatic amines is 1. The SMILES string of the molecule is NC(=O)c1c(C(=O)O)[nH]c2ccc(S(N)(=O)=O)cc12. The summed E-state index contributed by atoms with van der Waals surface area (Å²) in [5.74, 6) is -2.35. The number of rotatable bonds is 3. The molecule has 100 valence electrons. The van der Waals surface area contributed by atoms with Crippen LogP contribution < -0.4 is 10.9 Å². The van der Waals surface area contributed by atoms with Gasteiger partial charge in [-0.15, -0.1) is 0 Å². The smallest absolute Gasteiger partial charge is 0.353 e. The molecule has 1 aromatic carbocycles. The van der Waals surface area contributed by atoms with Gasteiger partial charge in [0.05, 0.1) is 10.5 Å². The van der Waals surface area contributed by atoms with Gasteiger partial charge in [-0.2, -0.15) is 0 Å². The third-order valence-corrected chi connectivity index (χ3v) is 3.47.